The number of hydrogen-bond donors (Lipinski definition) is 0. The smallest absolute Gasteiger partial charge is 0.258 e. The number of hydrogen-bond acceptors (Lipinski definition) is 6. The molecule has 1 saturated heterocycles. The van der Waals surface area contributed by atoms with E-state index in [1.165, 1.54) is 37.4 Å². The van der Waals surface area contributed by atoms with Crippen LogP contribution in [0.2, 0.25) is 0 Å². The molecule has 31 heavy (non-hydrogen) atoms. The van der Waals surface area contributed by atoms with Crippen LogP contribution in [0, 0.1) is 12.8 Å². The Hall–Kier alpha value is -2.35. The third-order valence-electron chi connectivity index (χ3n) is 6.37. The number of thioether (sulfide) groups is 1. The van der Waals surface area contributed by atoms with Gasteiger partial charge >= 0.3 is 0 Å². The highest BCUT2D eigenvalue weighted by atomic mass is 32.2. The summed E-state index contributed by atoms with van der Waals surface area (Å²) >= 11 is 1.43. The first-order chi connectivity index (χ1) is 15.1. The van der Waals surface area contributed by atoms with E-state index in [0.29, 0.717) is 60.5 Å². The maximum Gasteiger partial charge on any atom is 0.258 e. The lowest BCUT2D eigenvalue weighted by Gasteiger charge is -2.35. The summed E-state index contributed by atoms with van der Waals surface area (Å²) in [6, 6.07) is 3.60. The van der Waals surface area contributed by atoms with Gasteiger partial charge in [-0.15, -0.1) is 11.8 Å². The first-order valence-corrected chi connectivity index (χ1v) is 12.3. The highest BCUT2D eigenvalue weighted by Gasteiger charge is 2.29. The van der Waals surface area contributed by atoms with Crippen molar-refractivity contribution in [3.8, 4) is 11.6 Å². The lowest BCUT2D eigenvalue weighted by molar-refractivity contribution is -0.133. The molecule has 0 bridgehead atoms. The number of carbonyl (C=O) groups excluding carboxylic acids is 2. The van der Waals surface area contributed by atoms with Crippen LogP contribution in [-0.2, 0) is 4.79 Å². The van der Waals surface area contributed by atoms with E-state index in [2.05, 4.69) is 9.97 Å². The molecule has 0 atom stereocenters. The second-order valence-electron chi connectivity index (χ2n) is 8.36. The summed E-state index contributed by atoms with van der Waals surface area (Å²) in [5.74, 6) is 1.96. The number of rotatable bonds is 6. The summed E-state index contributed by atoms with van der Waals surface area (Å²) in [5.41, 5.74) is 1.19. The van der Waals surface area contributed by atoms with Gasteiger partial charge < -0.3 is 14.2 Å². The predicted molar refractivity (Wildman–Crippen MR) is 120 cm³/mol. The highest BCUT2D eigenvalue weighted by Crippen LogP contribution is 2.29. The van der Waals surface area contributed by atoms with Gasteiger partial charge in [-0.05, 0) is 37.7 Å². The summed E-state index contributed by atoms with van der Waals surface area (Å²) in [6.07, 6.45) is 10.3. The normalized spacial score (nSPS) is 17.4. The molecular formula is C23H30N4O3S. The molecule has 3 heterocycles. The lowest BCUT2D eigenvalue weighted by Crippen LogP contribution is -2.50. The molecule has 2 aromatic rings. The molecule has 4 rings (SSSR count). The van der Waals surface area contributed by atoms with E-state index >= 15 is 0 Å². The van der Waals surface area contributed by atoms with Gasteiger partial charge in [0.2, 0.25) is 5.91 Å². The van der Waals surface area contributed by atoms with Crippen molar-refractivity contribution >= 4 is 23.6 Å². The van der Waals surface area contributed by atoms with E-state index in [4.69, 9.17) is 4.42 Å². The molecule has 0 aromatic carbocycles. The van der Waals surface area contributed by atoms with Crippen LogP contribution in [-0.4, -0.2) is 64.0 Å². The summed E-state index contributed by atoms with van der Waals surface area (Å²) in [6.45, 7) is 4.11. The zero-order chi connectivity index (χ0) is 21.8. The Bertz CT molecular complexity index is 917. The predicted octanol–water partition coefficient (Wildman–Crippen LogP) is 4.02. The number of nitrogens with zero attached hydrogens (tertiary/aromatic N) is 4. The van der Waals surface area contributed by atoms with Gasteiger partial charge in [0.15, 0.2) is 11.6 Å². The van der Waals surface area contributed by atoms with Crippen LogP contribution in [0.1, 0.15) is 54.6 Å². The number of aryl methyl sites for hydroxylation is 1. The van der Waals surface area contributed by atoms with Gasteiger partial charge in [-0.2, -0.15) is 0 Å². The van der Waals surface area contributed by atoms with Gasteiger partial charge in [-0.1, -0.05) is 25.7 Å². The molecule has 2 amide bonds. The van der Waals surface area contributed by atoms with Crippen LogP contribution in [0.15, 0.2) is 27.8 Å². The molecule has 1 aliphatic carbocycles. The Morgan fingerprint density at radius 2 is 1.84 bits per heavy atom. The molecule has 0 spiro atoms. The van der Waals surface area contributed by atoms with E-state index in [1.54, 1.807) is 12.3 Å². The van der Waals surface area contributed by atoms with Gasteiger partial charge in [-0.3, -0.25) is 9.59 Å². The SMILES string of the molecule is CSc1nc(-c2ccco2)nc(C)c1C(=O)N1CCN(C(=O)CCC2CCCC2)CC1. The van der Waals surface area contributed by atoms with Crippen molar-refractivity contribution in [3.63, 3.8) is 0 Å². The van der Waals surface area contributed by atoms with Crippen LogP contribution >= 0.6 is 11.8 Å². The third kappa shape index (κ3) is 4.95. The molecule has 1 saturated carbocycles. The minimum Gasteiger partial charge on any atom is -0.461 e. The zero-order valence-electron chi connectivity index (χ0n) is 18.3. The molecule has 0 N–H and O–H groups in total. The molecule has 8 heteroatoms. The molecule has 2 fully saturated rings. The van der Waals surface area contributed by atoms with E-state index in [9.17, 15) is 9.59 Å². The van der Waals surface area contributed by atoms with E-state index in [0.717, 1.165) is 12.3 Å². The maximum absolute atomic E-state index is 13.3. The minimum atomic E-state index is -0.0640. The topological polar surface area (TPSA) is 79.5 Å². The van der Waals surface area contributed by atoms with Gasteiger partial charge in [0.05, 0.1) is 17.5 Å². The van der Waals surface area contributed by atoms with Gasteiger partial charge in [0.25, 0.3) is 5.91 Å². The largest absolute Gasteiger partial charge is 0.461 e. The molecule has 166 valence electrons. The first-order valence-electron chi connectivity index (χ1n) is 11.1. The fourth-order valence-corrected chi connectivity index (χ4v) is 5.18. The van der Waals surface area contributed by atoms with Crippen LogP contribution in [0.3, 0.4) is 0 Å². The number of carbonyl (C=O) groups is 2. The Labute approximate surface area is 187 Å². The second-order valence-corrected chi connectivity index (χ2v) is 9.15. The molecule has 7 nitrogen and oxygen atoms in total. The van der Waals surface area contributed by atoms with E-state index < -0.39 is 0 Å². The molecule has 2 aromatic heterocycles. The quantitative estimate of drug-likeness (QED) is 0.497. The van der Waals surface area contributed by atoms with Crippen LogP contribution in [0.5, 0.6) is 0 Å². The molecule has 0 unspecified atom stereocenters. The average molecular weight is 443 g/mol. The monoisotopic (exact) mass is 442 g/mol. The Kier molecular flexibility index (Phi) is 6.95. The van der Waals surface area contributed by atoms with Crippen molar-refractivity contribution < 1.29 is 14.0 Å². The molecule has 0 radical (unpaired) electrons. The van der Waals surface area contributed by atoms with Crippen LogP contribution in [0.25, 0.3) is 11.6 Å². The summed E-state index contributed by atoms with van der Waals surface area (Å²) in [7, 11) is 0. The van der Waals surface area contributed by atoms with E-state index in [1.807, 2.05) is 29.0 Å². The van der Waals surface area contributed by atoms with Crippen molar-refractivity contribution in [2.45, 2.75) is 50.5 Å². The van der Waals surface area contributed by atoms with E-state index in [-0.39, 0.29) is 11.8 Å². The Morgan fingerprint density at radius 3 is 2.48 bits per heavy atom. The average Bonchev–Trinajstić information content (AvgIpc) is 3.51. The molecule has 2 aliphatic rings. The minimum absolute atomic E-state index is 0.0640. The fraction of sp³-hybridized carbons (Fsp3) is 0.565. The number of piperazine rings is 1. The van der Waals surface area contributed by atoms with Gasteiger partial charge in [0, 0.05) is 32.6 Å². The fourth-order valence-electron chi connectivity index (χ4n) is 4.56. The number of furan rings is 1. The molecular weight excluding hydrogens is 412 g/mol. The summed E-state index contributed by atoms with van der Waals surface area (Å²) < 4.78 is 5.41. The van der Waals surface area contributed by atoms with Crippen molar-refractivity contribution in [2.24, 2.45) is 5.92 Å². The van der Waals surface area contributed by atoms with Gasteiger partial charge in [0.1, 0.15) is 5.03 Å². The standard InChI is InChI=1S/C23H30N4O3S/c1-16-20(22(31-2)25-21(24-16)18-8-5-15-30-18)23(29)27-13-11-26(12-14-27)19(28)10-9-17-6-3-4-7-17/h5,8,15,17H,3-4,6-7,9-14H2,1-2H3. The van der Waals surface area contributed by atoms with Crippen LogP contribution in [0.4, 0.5) is 0 Å². The van der Waals surface area contributed by atoms with Crippen molar-refractivity contribution in [2.75, 3.05) is 32.4 Å². The highest BCUT2D eigenvalue weighted by molar-refractivity contribution is 7.98. The maximum atomic E-state index is 13.3. The number of amides is 2. The Morgan fingerprint density at radius 1 is 1.13 bits per heavy atom. The second kappa shape index (κ2) is 9.85. The summed E-state index contributed by atoms with van der Waals surface area (Å²) in [4.78, 5) is 38.7. The zero-order valence-corrected chi connectivity index (χ0v) is 19.1. The first kappa shape index (κ1) is 21.9. The Balaban J connectivity index is 1.38. The van der Waals surface area contributed by atoms with Crippen molar-refractivity contribution in [1.29, 1.82) is 0 Å². The lowest BCUT2D eigenvalue weighted by atomic mass is 10.0. The van der Waals surface area contributed by atoms with Crippen molar-refractivity contribution in [3.05, 3.63) is 29.7 Å². The van der Waals surface area contributed by atoms with Crippen LogP contribution < -0.4 is 0 Å². The molecule has 1 aliphatic heterocycles. The van der Waals surface area contributed by atoms with Crippen molar-refractivity contribution in [1.82, 2.24) is 19.8 Å². The summed E-state index contributed by atoms with van der Waals surface area (Å²) in [5, 5.41) is 0.652. The third-order valence-corrected chi connectivity index (χ3v) is 7.05. The number of aromatic nitrogens is 2. The van der Waals surface area contributed by atoms with Gasteiger partial charge in [-0.25, -0.2) is 9.97 Å².